The van der Waals surface area contributed by atoms with E-state index in [1.54, 1.807) is 0 Å². The van der Waals surface area contributed by atoms with E-state index in [2.05, 4.69) is 20.0 Å². The highest BCUT2D eigenvalue weighted by molar-refractivity contribution is 6.34. The number of piperazine rings is 1. The van der Waals surface area contributed by atoms with Crippen LogP contribution in [0.25, 0.3) is 10.8 Å². The second-order valence-corrected chi connectivity index (χ2v) is 9.34. The number of rotatable bonds is 7. The third-order valence-electron chi connectivity index (χ3n) is 6.81. The van der Waals surface area contributed by atoms with Gasteiger partial charge in [0.25, 0.3) is 0 Å². The summed E-state index contributed by atoms with van der Waals surface area (Å²) in [6.45, 7) is 4.60. The minimum absolute atomic E-state index is 0.105. The Morgan fingerprint density at radius 3 is 1.91 bits per heavy atom. The van der Waals surface area contributed by atoms with Gasteiger partial charge in [0.05, 0.1) is 0 Å². The van der Waals surface area contributed by atoms with Crippen molar-refractivity contribution in [1.82, 2.24) is 15.1 Å². The molecule has 0 atom stereocenters. The summed E-state index contributed by atoms with van der Waals surface area (Å²) >= 11 is 6.24. The van der Waals surface area contributed by atoms with Crippen molar-refractivity contribution in [3.63, 3.8) is 0 Å². The average Bonchev–Trinajstić information content (AvgIpc) is 2.89. The van der Waals surface area contributed by atoms with Crippen molar-refractivity contribution in [3.05, 3.63) is 101 Å². The van der Waals surface area contributed by atoms with Crippen LogP contribution in [-0.4, -0.2) is 47.8 Å². The van der Waals surface area contributed by atoms with Crippen LogP contribution in [0.3, 0.4) is 0 Å². The van der Waals surface area contributed by atoms with Crippen LogP contribution in [-0.2, 0) is 0 Å². The van der Waals surface area contributed by atoms with Crippen LogP contribution in [0.15, 0.2) is 72.8 Å². The van der Waals surface area contributed by atoms with E-state index < -0.39 is 0 Å². The molecule has 1 saturated heterocycles. The summed E-state index contributed by atoms with van der Waals surface area (Å²) in [7, 11) is 0. The monoisotopic (exact) mass is 492 g/mol. The number of hydrogen-bond donors (Lipinski definition) is 0. The first-order valence-electron chi connectivity index (χ1n) is 12.0. The molecule has 1 fully saturated rings. The quantitative estimate of drug-likeness (QED) is 0.303. The zero-order valence-corrected chi connectivity index (χ0v) is 20.1. The molecule has 4 nitrogen and oxygen atoms in total. The Morgan fingerprint density at radius 2 is 1.31 bits per heavy atom. The number of aromatic nitrogens is 2. The number of anilines is 1. The molecule has 0 radical (unpaired) electrons. The van der Waals surface area contributed by atoms with Gasteiger partial charge in [-0.15, -0.1) is 10.2 Å². The van der Waals surface area contributed by atoms with Crippen LogP contribution in [0.5, 0.6) is 0 Å². The molecule has 5 rings (SSSR count). The maximum Gasteiger partial charge on any atom is 0.159 e. The molecule has 1 aromatic heterocycles. The molecular formula is C28H27ClF2N4. The maximum absolute atomic E-state index is 13.5. The lowest BCUT2D eigenvalue weighted by Gasteiger charge is -2.35. The van der Waals surface area contributed by atoms with E-state index in [0.29, 0.717) is 5.15 Å². The van der Waals surface area contributed by atoms with Gasteiger partial charge >= 0.3 is 0 Å². The van der Waals surface area contributed by atoms with Crippen molar-refractivity contribution in [2.24, 2.45) is 0 Å². The van der Waals surface area contributed by atoms with Crippen LogP contribution >= 0.6 is 11.6 Å². The highest BCUT2D eigenvalue weighted by Gasteiger charge is 2.21. The fourth-order valence-electron chi connectivity index (χ4n) is 4.91. The summed E-state index contributed by atoms with van der Waals surface area (Å²) in [5.41, 5.74) is 2.10. The lowest BCUT2D eigenvalue weighted by Crippen LogP contribution is -2.47. The van der Waals surface area contributed by atoms with Crippen molar-refractivity contribution >= 4 is 28.2 Å². The second-order valence-electron chi connectivity index (χ2n) is 8.99. The first-order chi connectivity index (χ1) is 17.1. The van der Waals surface area contributed by atoms with Crippen LogP contribution < -0.4 is 4.90 Å². The Morgan fingerprint density at radius 1 is 0.743 bits per heavy atom. The van der Waals surface area contributed by atoms with Crippen molar-refractivity contribution < 1.29 is 8.78 Å². The Labute approximate surface area is 209 Å². The molecule has 0 saturated carbocycles. The fourth-order valence-corrected chi connectivity index (χ4v) is 5.11. The van der Waals surface area contributed by atoms with Crippen LogP contribution in [0.1, 0.15) is 29.9 Å². The van der Waals surface area contributed by atoms with Gasteiger partial charge in [0, 0.05) is 42.9 Å². The van der Waals surface area contributed by atoms with E-state index in [-0.39, 0.29) is 17.6 Å². The summed E-state index contributed by atoms with van der Waals surface area (Å²) in [6.07, 6.45) is 1.90. The van der Waals surface area contributed by atoms with Crippen LogP contribution in [0, 0.1) is 11.6 Å². The third-order valence-corrected chi connectivity index (χ3v) is 7.09. The van der Waals surface area contributed by atoms with Gasteiger partial charge in [-0.1, -0.05) is 60.1 Å². The number of benzene rings is 3. The van der Waals surface area contributed by atoms with Gasteiger partial charge in [0.15, 0.2) is 11.0 Å². The van der Waals surface area contributed by atoms with E-state index >= 15 is 0 Å². The normalized spacial score (nSPS) is 14.7. The van der Waals surface area contributed by atoms with Crippen molar-refractivity contribution in [2.45, 2.75) is 18.8 Å². The average molecular weight is 493 g/mol. The molecule has 0 spiro atoms. The highest BCUT2D eigenvalue weighted by Crippen LogP contribution is 2.31. The second kappa shape index (κ2) is 10.7. The summed E-state index contributed by atoms with van der Waals surface area (Å²) < 4.78 is 27.0. The molecule has 0 aliphatic carbocycles. The molecule has 180 valence electrons. The lowest BCUT2D eigenvalue weighted by atomic mass is 9.87. The molecule has 1 aliphatic rings. The molecule has 3 aromatic carbocycles. The molecule has 0 bridgehead atoms. The largest absolute Gasteiger partial charge is 0.352 e. The number of halogens is 3. The minimum atomic E-state index is -0.248. The molecule has 1 aliphatic heterocycles. The number of hydrogen-bond acceptors (Lipinski definition) is 4. The van der Waals surface area contributed by atoms with Gasteiger partial charge in [-0.05, 0) is 54.8 Å². The van der Waals surface area contributed by atoms with E-state index in [0.717, 1.165) is 73.3 Å². The summed E-state index contributed by atoms with van der Waals surface area (Å²) in [5, 5.41) is 10.9. The Bertz CT molecular complexity index is 1230. The lowest BCUT2D eigenvalue weighted by molar-refractivity contribution is 0.251. The highest BCUT2D eigenvalue weighted by atomic mass is 35.5. The topological polar surface area (TPSA) is 32.3 Å². The molecule has 2 heterocycles. The van der Waals surface area contributed by atoms with Crippen molar-refractivity contribution in [2.75, 3.05) is 37.6 Å². The number of fused-ring (bicyclic) bond motifs is 1. The van der Waals surface area contributed by atoms with E-state index in [4.69, 9.17) is 11.6 Å². The minimum Gasteiger partial charge on any atom is -0.352 e. The van der Waals surface area contributed by atoms with Gasteiger partial charge < -0.3 is 4.90 Å². The molecule has 0 unspecified atom stereocenters. The molecular weight excluding hydrogens is 466 g/mol. The van der Waals surface area contributed by atoms with E-state index in [9.17, 15) is 8.78 Å². The van der Waals surface area contributed by atoms with E-state index in [1.807, 2.05) is 48.5 Å². The predicted octanol–water partition coefficient (Wildman–Crippen LogP) is 6.30. The predicted molar refractivity (Wildman–Crippen MR) is 137 cm³/mol. The molecule has 4 aromatic rings. The molecule has 35 heavy (non-hydrogen) atoms. The van der Waals surface area contributed by atoms with Crippen molar-refractivity contribution in [3.8, 4) is 0 Å². The summed E-state index contributed by atoms with van der Waals surface area (Å²) in [4.78, 5) is 4.75. The van der Waals surface area contributed by atoms with Gasteiger partial charge in [-0.2, -0.15) is 0 Å². The van der Waals surface area contributed by atoms with Crippen molar-refractivity contribution in [1.29, 1.82) is 0 Å². The standard InChI is InChI=1S/C28H27ClF2N4/c29-27-25-4-1-2-5-26(25)28(33-32-27)35-18-16-34(17-19-35)15-3-6-24(20-7-11-22(30)12-8-20)21-9-13-23(31)14-10-21/h1-2,4-5,7-14,24H,3,6,15-19H2. The van der Waals surface area contributed by atoms with Crippen LogP contribution in [0.4, 0.5) is 14.6 Å². The van der Waals surface area contributed by atoms with Gasteiger partial charge in [0.2, 0.25) is 0 Å². The first kappa shape index (κ1) is 23.6. The Balaban J connectivity index is 1.21. The fraction of sp³-hybridized carbons (Fsp3) is 0.286. The zero-order valence-electron chi connectivity index (χ0n) is 19.4. The summed E-state index contributed by atoms with van der Waals surface area (Å²) in [5.74, 6) is 0.496. The molecule has 0 N–H and O–H groups in total. The smallest absolute Gasteiger partial charge is 0.159 e. The SMILES string of the molecule is Fc1ccc(C(CCCN2CCN(c3nnc(Cl)c4ccccc34)CC2)c2ccc(F)cc2)cc1. The summed E-state index contributed by atoms with van der Waals surface area (Å²) in [6, 6.07) is 21.3. The zero-order chi connectivity index (χ0) is 24.2. The third kappa shape index (κ3) is 5.44. The number of nitrogens with zero attached hydrogens (tertiary/aromatic N) is 4. The van der Waals surface area contributed by atoms with Gasteiger partial charge in [-0.3, -0.25) is 4.90 Å². The van der Waals surface area contributed by atoms with E-state index in [1.165, 1.54) is 24.3 Å². The maximum atomic E-state index is 13.5. The Hall–Kier alpha value is -3.09. The van der Waals surface area contributed by atoms with Crippen LogP contribution in [0.2, 0.25) is 5.15 Å². The first-order valence-corrected chi connectivity index (χ1v) is 12.4. The Kier molecular flexibility index (Phi) is 7.21. The van der Waals surface area contributed by atoms with Gasteiger partial charge in [-0.25, -0.2) is 8.78 Å². The van der Waals surface area contributed by atoms with Gasteiger partial charge in [0.1, 0.15) is 11.6 Å². The molecule has 7 heteroatoms. The molecule has 0 amide bonds.